The van der Waals surface area contributed by atoms with Crippen molar-refractivity contribution < 1.29 is 14.3 Å². The number of nitrogens with zero attached hydrogens (tertiary/aromatic N) is 3. The zero-order chi connectivity index (χ0) is 19.9. The van der Waals surface area contributed by atoms with Gasteiger partial charge < -0.3 is 14.4 Å². The molecule has 0 N–H and O–H groups in total. The van der Waals surface area contributed by atoms with Crippen molar-refractivity contribution in [3.63, 3.8) is 0 Å². The lowest BCUT2D eigenvalue weighted by Gasteiger charge is -2.15. The van der Waals surface area contributed by atoms with E-state index in [1.807, 2.05) is 36.6 Å². The van der Waals surface area contributed by atoms with Crippen LogP contribution in [0.15, 0.2) is 46.7 Å². The quantitative estimate of drug-likeness (QED) is 0.404. The molecule has 0 saturated carbocycles. The lowest BCUT2D eigenvalue weighted by molar-refractivity contribution is -0.123. The summed E-state index contributed by atoms with van der Waals surface area (Å²) in [6.07, 6.45) is 8.93. The fourth-order valence-corrected chi connectivity index (χ4v) is 3.96. The molecule has 2 aromatic rings. The zero-order valence-corrected chi connectivity index (χ0v) is 17.5. The van der Waals surface area contributed by atoms with Gasteiger partial charge in [0.25, 0.3) is 5.91 Å². The van der Waals surface area contributed by atoms with Gasteiger partial charge >= 0.3 is 0 Å². The van der Waals surface area contributed by atoms with Gasteiger partial charge in [0, 0.05) is 24.6 Å². The predicted octanol–water partition coefficient (Wildman–Crippen LogP) is 3.80. The first-order chi connectivity index (χ1) is 13.6. The van der Waals surface area contributed by atoms with E-state index in [4.69, 9.17) is 9.47 Å². The van der Waals surface area contributed by atoms with Crippen LogP contribution in [-0.2, 0) is 4.79 Å². The number of hydrogen-bond acceptors (Lipinski definition) is 7. The lowest BCUT2D eigenvalue weighted by atomic mass is 10.2. The minimum atomic E-state index is -0.0623. The maximum absolute atomic E-state index is 12.7. The molecule has 6 nitrogen and oxygen atoms in total. The number of ether oxygens (including phenoxy) is 2. The minimum Gasteiger partial charge on any atom is -0.497 e. The van der Waals surface area contributed by atoms with E-state index >= 15 is 0 Å². The Hall–Kier alpha value is -2.45. The van der Waals surface area contributed by atoms with Crippen molar-refractivity contribution in [1.82, 2.24) is 14.9 Å². The second-order valence-corrected chi connectivity index (χ2v) is 7.64. The van der Waals surface area contributed by atoms with E-state index < -0.39 is 0 Å². The van der Waals surface area contributed by atoms with Crippen LogP contribution in [0.3, 0.4) is 0 Å². The van der Waals surface area contributed by atoms with Gasteiger partial charge in [0.15, 0.2) is 5.16 Å². The molecule has 0 aliphatic carbocycles. The molecule has 1 aromatic carbocycles. The number of benzene rings is 1. The average Bonchev–Trinajstić information content (AvgIpc) is 3.21. The van der Waals surface area contributed by atoms with Crippen LogP contribution in [0.4, 0.5) is 0 Å². The molecule has 2 heterocycles. The Bertz CT molecular complexity index is 898. The summed E-state index contributed by atoms with van der Waals surface area (Å²) in [5.41, 5.74) is 1.69. The maximum atomic E-state index is 12.7. The van der Waals surface area contributed by atoms with Crippen molar-refractivity contribution >= 4 is 41.6 Å². The van der Waals surface area contributed by atoms with Crippen LogP contribution in [0, 0.1) is 0 Å². The molecule has 1 aliphatic rings. The summed E-state index contributed by atoms with van der Waals surface area (Å²) in [7, 11) is 3.21. The third-order valence-electron chi connectivity index (χ3n) is 4.04. The lowest BCUT2D eigenvalue weighted by Crippen LogP contribution is -2.24. The molecule has 1 aromatic heterocycles. The number of aromatic nitrogens is 2. The van der Waals surface area contributed by atoms with Crippen molar-refractivity contribution in [2.24, 2.45) is 0 Å². The molecule has 0 atom stereocenters. The number of hydrogen-bond donors (Lipinski definition) is 0. The first kappa shape index (κ1) is 20.3. The van der Waals surface area contributed by atoms with Crippen molar-refractivity contribution in [3.05, 3.63) is 52.7 Å². The standard InChI is InChI=1S/C20H21N3O3S2/c1-25-16-7-4-14(5-8-16)6-9-17(24)23-10-11-28-18(23)12-15-13-21-20(27-3)22-19(15)26-2/h4-9,12-13H,10-11H2,1-3H3/b9-6+,18-12+. The summed E-state index contributed by atoms with van der Waals surface area (Å²) < 4.78 is 10.5. The molecule has 1 saturated heterocycles. The van der Waals surface area contributed by atoms with E-state index in [0.29, 0.717) is 17.6 Å². The van der Waals surface area contributed by atoms with Crippen molar-refractivity contribution in [3.8, 4) is 11.6 Å². The average molecular weight is 416 g/mol. The van der Waals surface area contributed by atoms with Gasteiger partial charge in [0.05, 0.1) is 24.8 Å². The van der Waals surface area contributed by atoms with Crippen LogP contribution >= 0.6 is 23.5 Å². The summed E-state index contributed by atoms with van der Waals surface area (Å²) >= 11 is 3.08. The third kappa shape index (κ3) is 4.88. The van der Waals surface area contributed by atoms with Gasteiger partial charge in [-0.25, -0.2) is 4.98 Å². The van der Waals surface area contributed by atoms with Gasteiger partial charge in [-0.1, -0.05) is 23.9 Å². The topological polar surface area (TPSA) is 64.5 Å². The molecule has 8 heteroatoms. The number of thioether (sulfide) groups is 2. The highest BCUT2D eigenvalue weighted by molar-refractivity contribution is 8.03. The Morgan fingerprint density at radius 1 is 1.25 bits per heavy atom. The Labute approximate surface area is 173 Å². The van der Waals surface area contributed by atoms with E-state index in [1.165, 1.54) is 11.8 Å². The van der Waals surface area contributed by atoms with Gasteiger partial charge in [-0.3, -0.25) is 4.79 Å². The Balaban J connectivity index is 1.77. The molecule has 0 unspecified atom stereocenters. The molecular weight excluding hydrogens is 394 g/mol. The van der Waals surface area contributed by atoms with Gasteiger partial charge in [0.1, 0.15) is 5.75 Å². The molecule has 28 heavy (non-hydrogen) atoms. The summed E-state index contributed by atoms with van der Waals surface area (Å²) in [5, 5.41) is 1.51. The number of rotatable bonds is 6. The molecule has 1 aliphatic heterocycles. The smallest absolute Gasteiger partial charge is 0.251 e. The number of methoxy groups -OCH3 is 2. The Kier molecular flexibility index (Phi) is 7.00. The van der Waals surface area contributed by atoms with Gasteiger partial charge in [-0.2, -0.15) is 4.98 Å². The van der Waals surface area contributed by atoms with Crippen molar-refractivity contribution in [2.75, 3.05) is 32.8 Å². The van der Waals surface area contributed by atoms with Gasteiger partial charge in [0.2, 0.25) is 5.88 Å². The largest absolute Gasteiger partial charge is 0.497 e. The highest BCUT2D eigenvalue weighted by Gasteiger charge is 2.23. The zero-order valence-electron chi connectivity index (χ0n) is 15.9. The van der Waals surface area contributed by atoms with Crippen molar-refractivity contribution in [2.45, 2.75) is 5.16 Å². The minimum absolute atomic E-state index is 0.0623. The fraction of sp³-hybridized carbons (Fsp3) is 0.250. The summed E-state index contributed by atoms with van der Waals surface area (Å²) in [4.78, 5) is 23.1. The Morgan fingerprint density at radius 2 is 2.04 bits per heavy atom. The van der Waals surface area contributed by atoms with Crippen LogP contribution in [-0.4, -0.2) is 53.5 Å². The summed E-state index contributed by atoms with van der Waals surface area (Å²) in [5.74, 6) is 2.07. The van der Waals surface area contributed by atoms with Gasteiger partial charge in [-0.05, 0) is 36.1 Å². The predicted molar refractivity (Wildman–Crippen MR) is 115 cm³/mol. The first-order valence-electron chi connectivity index (χ1n) is 8.57. The van der Waals surface area contributed by atoms with Crippen LogP contribution < -0.4 is 9.47 Å². The molecule has 0 spiro atoms. The SMILES string of the molecule is COc1ccc(/C=C/C(=O)N2CCS/C2=C/c2cnc(SC)nc2OC)cc1. The van der Waals surface area contributed by atoms with Crippen LogP contribution in [0.1, 0.15) is 11.1 Å². The normalized spacial score (nSPS) is 15.4. The summed E-state index contributed by atoms with van der Waals surface area (Å²) in [6.45, 7) is 0.661. The van der Waals surface area contributed by atoms with E-state index in [2.05, 4.69) is 9.97 Å². The molecule has 3 rings (SSSR count). The summed E-state index contributed by atoms with van der Waals surface area (Å²) in [6, 6.07) is 7.55. The fourth-order valence-electron chi connectivity index (χ4n) is 2.59. The molecule has 146 valence electrons. The number of carbonyl (C=O) groups excluding carboxylic acids is 1. The van der Waals surface area contributed by atoms with E-state index in [-0.39, 0.29) is 5.91 Å². The van der Waals surface area contributed by atoms with Crippen LogP contribution in [0.5, 0.6) is 11.6 Å². The number of carbonyl (C=O) groups is 1. The second kappa shape index (κ2) is 9.66. The van der Waals surface area contributed by atoms with Crippen LogP contribution in [0.2, 0.25) is 0 Å². The van der Waals surface area contributed by atoms with E-state index in [9.17, 15) is 4.79 Å². The maximum Gasteiger partial charge on any atom is 0.251 e. The highest BCUT2D eigenvalue weighted by atomic mass is 32.2. The molecule has 1 fully saturated rings. The first-order valence-corrected chi connectivity index (χ1v) is 10.8. The van der Waals surface area contributed by atoms with Crippen LogP contribution in [0.25, 0.3) is 12.2 Å². The van der Waals surface area contributed by atoms with Gasteiger partial charge in [-0.15, -0.1) is 11.8 Å². The molecule has 0 bridgehead atoms. The molecule has 0 radical (unpaired) electrons. The highest BCUT2D eigenvalue weighted by Crippen LogP contribution is 2.32. The number of amides is 1. The Morgan fingerprint density at radius 3 is 2.71 bits per heavy atom. The third-order valence-corrected chi connectivity index (χ3v) is 5.63. The second-order valence-electron chi connectivity index (χ2n) is 5.75. The van der Waals surface area contributed by atoms with E-state index in [1.54, 1.807) is 49.2 Å². The monoisotopic (exact) mass is 415 g/mol. The molecular formula is C20H21N3O3S2. The molecule has 1 amide bonds. The van der Waals surface area contributed by atoms with E-state index in [0.717, 1.165) is 27.7 Å². The van der Waals surface area contributed by atoms with Crippen molar-refractivity contribution in [1.29, 1.82) is 0 Å².